The van der Waals surface area contributed by atoms with Crippen LogP contribution >= 0.6 is 0 Å². The normalized spacial score (nSPS) is 11.1. The van der Waals surface area contributed by atoms with Gasteiger partial charge in [-0.1, -0.05) is 69.0 Å². The van der Waals surface area contributed by atoms with Crippen molar-refractivity contribution in [3.8, 4) is 11.1 Å². The number of nitrogens with zero attached hydrogens (tertiary/aromatic N) is 2. The minimum Gasteiger partial charge on any atom is -0.480 e. The van der Waals surface area contributed by atoms with Gasteiger partial charge in [0.05, 0.1) is 5.52 Å². The topological polar surface area (TPSA) is 53.4 Å². The number of carbonyl (C=O) groups is 1. The highest BCUT2D eigenvalue weighted by atomic mass is 16.4. The zero-order chi connectivity index (χ0) is 22.2. The molecule has 0 saturated carbocycles. The summed E-state index contributed by atoms with van der Waals surface area (Å²) in [4.78, 5) is 18.2. The van der Waals surface area contributed by atoms with Crippen LogP contribution in [-0.4, -0.2) is 29.1 Å². The van der Waals surface area contributed by atoms with E-state index in [1.807, 2.05) is 4.90 Å². The summed E-state index contributed by atoms with van der Waals surface area (Å²) in [6.45, 7) is 6.99. The predicted octanol–water partition coefficient (Wildman–Crippen LogP) is 6.63. The summed E-state index contributed by atoms with van der Waals surface area (Å²) in [6.07, 6.45) is 6.93. The Morgan fingerprint density at radius 1 is 0.968 bits per heavy atom. The summed E-state index contributed by atoms with van der Waals surface area (Å²) in [5.41, 5.74) is 5.72. The SMILES string of the molecule is CCCCCCc1ccc2nc(N(CCC)CC(=O)O)cc(-c3ccc(C)cc3)c2c1. The fourth-order valence-corrected chi connectivity index (χ4v) is 4.01. The van der Waals surface area contributed by atoms with Gasteiger partial charge >= 0.3 is 5.97 Å². The quantitative estimate of drug-likeness (QED) is 0.355. The highest BCUT2D eigenvalue weighted by Gasteiger charge is 2.15. The van der Waals surface area contributed by atoms with Gasteiger partial charge in [0.25, 0.3) is 0 Å². The van der Waals surface area contributed by atoms with Crippen LogP contribution in [0.15, 0.2) is 48.5 Å². The molecule has 1 heterocycles. The Bertz CT molecular complexity index is 1010. The summed E-state index contributed by atoms with van der Waals surface area (Å²) in [6, 6.07) is 17.1. The molecule has 0 amide bonds. The molecule has 4 heteroatoms. The average molecular weight is 419 g/mol. The molecular formula is C27H34N2O2. The van der Waals surface area contributed by atoms with Gasteiger partial charge < -0.3 is 10.0 Å². The number of hydrogen-bond acceptors (Lipinski definition) is 3. The molecule has 4 nitrogen and oxygen atoms in total. The third-order valence-electron chi connectivity index (χ3n) is 5.68. The van der Waals surface area contributed by atoms with Gasteiger partial charge in [0.15, 0.2) is 0 Å². The molecule has 0 spiro atoms. The van der Waals surface area contributed by atoms with E-state index in [4.69, 9.17) is 4.98 Å². The minimum absolute atomic E-state index is 0.0464. The molecular weight excluding hydrogens is 384 g/mol. The second-order valence-electron chi connectivity index (χ2n) is 8.37. The fraction of sp³-hybridized carbons (Fsp3) is 0.407. The largest absolute Gasteiger partial charge is 0.480 e. The first-order chi connectivity index (χ1) is 15.0. The molecule has 0 aliphatic carbocycles. The Morgan fingerprint density at radius 3 is 2.42 bits per heavy atom. The highest BCUT2D eigenvalue weighted by molar-refractivity contribution is 5.96. The van der Waals surface area contributed by atoms with Crippen molar-refractivity contribution in [2.45, 2.75) is 59.3 Å². The number of pyridine rings is 1. The molecule has 0 fully saturated rings. The first-order valence-electron chi connectivity index (χ1n) is 11.5. The van der Waals surface area contributed by atoms with E-state index >= 15 is 0 Å². The molecule has 1 aromatic heterocycles. The van der Waals surface area contributed by atoms with E-state index in [1.165, 1.54) is 36.8 Å². The first kappa shape index (κ1) is 22.8. The highest BCUT2D eigenvalue weighted by Crippen LogP contribution is 2.33. The number of unbranched alkanes of at least 4 members (excludes halogenated alkanes) is 3. The fourth-order valence-electron chi connectivity index (χ4n) is 4.01. The summed E-state index contributed by atoms with van der Waals surface area (Å²) >= 11 is 0. The second kappa shape index (κ2) is 10.9. The van der Waals surface area contributed by atoms with Crippen LogP contribution in [0.5, 0.6) is 0 Å². The Hall–Kier alpha value is -2.88. The lowest BCUT2D eigenvalue weighted by molar-refractivity contribution is -0.135. The van der Waals surface area contributed by atoms with E-state index < -0.39 is 5.97 Å². The van der Waals surface area contributed by atoms with E-state index in [9.17, 15) is 9.90 Å². The number of aromatic nitrogens is 1. The van der Waals surface area contributed by atoms with Crippen molar-refractivity contribution >= 4 is 22.7 Å². The second-order valence-corrected chi connectivity index (χ2v) is 8.37. The van der Waals surface area contributed by atoms with Crippen LogP contribution < -0.4 is 4.90 Å². The van der Waals surface area contributed by atoms with Crippen molar-refractivity contribution in [1.82, 2.24) is 4.98 Å². The Balaban J connectivity index is 2.07. The summed E-state index contributed by atoms with van der Waals surface area (Å²) in [7, 11) is 0. The van der Waals surface area contributed by atoms with E-state index in [-0.39, 0.29) is 6.54 Å². The van der Waals surface area contributed by atoms with Crippen LogP contribution in [0, 0.1) is 6.92 Å². The molecule has 0 aliphatic heterocycles. The van der Waals surface area contributed by atoms with Gasteiger partial charge in [-0.05, 0) is 61.1 Å². The lowest BCUT2D eigenvalue weighted by Gasteiger charge is -2.23. The number of carboxylic acids is 1. The van der Waals surface area contributed by atoms with Crippen LogP contribution in [0.25, 0.3) is 22.0 Å². The number of aryl methyl sites for hydroxylation is 2. The molecule has 0 aliphatic rings. The number of benzene rings is 2. The first-order valence-corrected chi connectivity index (χ1v) is 11.5. The molecule has 164 valence electrons. The van der Waals surface area contributed by atoms with Gasteiger partial charge in [-0.2, -0.15) is 0 Å². The van der Waals surface area contributed by atoms with Gasteiger partial charge in [-0.15, -0.1) is 0 Å². The van der Waals surface area contributed by atoms with Crippen molar-refractivity contribution in [2.75, 3.05) is 18.0 Å². The smallest absolute Gasteiger partial charge is 0.323 e. The molecule has 1 N–H and O–H groups in total. The number of hydrogen-bond donors (Lipinski definition) is 1. The van der Waals surface area contributed by atoms with E-state index in [1.54, 1.807) is 0 Å². The van der Waals surface area contributed by atoms with E-state index in [2.05, 4.69) is 69.3 Å². The summed E-state index contributed by atoms with van der Waals surface area (Å²) in [5.74, 6) is -0.113. The molecule has 0 bridgehead atoms. The summed E-state index contributed by atoms with van der Waals surface area (Å²) < 4.78 is 0. The Morgan fingerprint density at radius 2 is 1.74 bits per heavy atom. The number of fused-ring (bicyclic) bond motifs is 1. The van der Waals surface area contributed by atoms with Crippen LogP contribution in [-0.2, 0) is 11.2 Å². The number of aliphatic carboxylic acids is 1. The van der Waals surface area contributed by atoms with E-state index in [0.717, 1.165) is 40.7 Å². The predicted molar refractivity (Wildman–Crippen MR) is 130 cm³/mol. The molecule has 3 aromatic rings. The number of rotatable bonds is 11. The van der Waals surface area contributed by atoms with Gasteiger partial charge in [0.2, 0.25) is 0 Å². The molecule has 0 radical (unpaired) electrons. The third-order valence-corrected chi connectivity index (χ3v) is 5.68. The summed E-state index contributed by atoms with van der Waals surface area (Å²) in [5, 5.41) is 10.5. The van der Waals surface area contributed by atoms with Crippen LogP contribution in [0.2, 0.25) is 0 Å². The maximum Gasteiger partial charge on any atom is 0.323 e. The molecule has 0 unspecified atom stereocenters. The zero-order valence-corrected chi connectivity index (χ0v) is 19.0. The zero-order valence-electron chi connectivity index (χ0n) is 19.0. The van der Waals surface area contributed by atoms with Gasteiger partial charge in [-0.25, -0.2) is 4.98 Å². The van der Waals surface area contributed by atoms with Crippen molar-refractivity contribution in [1.29, 1.82) is 0 Å². The van der Waals surface area contributed by atoms with Gasteiger partial charge in [-0.3, -0.25) is 4.79 Å². The third kappa shape index (κ3) is 6.06. The van der Waals surface area contributed by atoms with Gasteiger partial charge in [0, 0.05) is 11.9 Å². The van der Waals surface area contributed by atoms with Gasteiger partial charge in [0.1, 0.15) is 12.4 Å². The molecule has 2 aromatic carbocycles. The number of anilines is 1. The van der Waals surface area contributed by atoms with Crippen LogP contribution in [0.1, 0.15) is 57.1 Å². The molecule has 0 atom stereocenters. The Labute approximate surface area is 185 Å². The monoisotopic (exact) mass is 418 g/mol. The Kier molecular flexibility index (Phi) is 8.05. The lowest BCUT2D eigenvalue weighted by atomic mass is 9.97. The number of carboxylic acid groups (broad SMARTS) is 1. The average Bonchev–Trinajstić information content (AvgIpc) is 2.76. The van der Waals surface area contributed by atoms with Crippen molar-refractivity contribution in [3.05, 3.63) is 59.7 Å². The standard InChI is InChI=1S/C27H34N2O2/c1-4-6-7-8-9-21-12-15-25-24(17-21)23(22-13-10-20(3)11-14-22)18-26(28-25)29(16-5-2)19-27(30)31/h10-15,17-18H,4-9,16,19H2,1-3H3,(H,30,31). The van der Waals surface area contributed by atoms with Crippen molar-refractivity contribution < 1.29 is 9.90 Å². The molecule has 3 rings (SSSR count). The lowest BCUT2D eigenvalue weighted by Crippen LogP contribution is -2.31. The van der Waals surface area contributed by atoms with Crippen LogP contribution in [0.3, 0.4) is 0 Å². The van der Waals surface area contributed by atoms with Crippen molar-refractivity contribution in [3.63, 3.8) is 0 Å². The molecule has 0 saturated heterocycles. The van der Waals surface area contributed by atoms with Crippen LogP contribution in [0.4, 0.5) is 5.82 Å². The maximum atomic E-state index is 11.4. The molecule has 31 heavy (non-hydrogen) atoms. The minimum atomic E-state index is -0.838. The van der Waals surface area contributed by atoms with E-state index in [0.29, 0.717) is 6.54 Å². The van der Waals surface area contributed by atoms with Crippen molar-refractivity contribution in [2.24, 2.45) is 0 Å². The maximum absolute atomic E-state index is 11.4.